The van der Waals surface area contributed by atoms with Crippen LogP contribution in [0.3, 0.4) is 0 Å². The molecule has 3 nitrogen and oxygen atoms in total. The second-order valence-corrected chi connectivity index (χ2v) is 3.98. The first kappa shape index (κ1) is 11.8. The maximum absolute atomic E-state index is 13.1. The van der Waals surface area contributed by atoms with Crippen molar-refractivity contribution >= 4 is 0 Å². The molecule has 0 aliphatic carbocycles. The van der Waals surface area contributed by atoms with Gasteiger partial charge in [-0.15, -0.1) is 0 Å². The summed E-state index contributed by atoms with van der Waals surface area (Å²) < 4.78 is 13.1. The van der Waals surface area contributed by atoms with Gasteiger partial charge in [-0.1, -0.05) is 19.1 Å². The van der Waals surface area contributed by atoms with Gasteiger partial charge in [-0.2, -0.15) is 0 Å². The number of imidazole rings is 1. The summed E-state index contributed by atoms with van der Waals surface area (Å²) in [6.07, 6.45) is 2.48. The Morgan fingerprint density at radius 3 is 2.94 bits per heavy atom. The molecular formula is C13H15FN2O. The molecule has 0 spiro atoms. The predicted octanol–water partition coefficient (Wildman–Crippen LogP) is 2.70. The fourth-order valence-corrected chi connectivity index (χ4v) is 1.76. The van der Waals surface area contributed by atoms with Gasteiger partial charge < -0.3 is 10.1 Å². The van der Waals surface area contributed by atoms with E-state index in [1.165, 1.54) is 12.1 Å². The van der Waals surface area contributed by atoms with E-state index >= 15 is 0 Å². The summed E-state index contributed by atoms with van der Waals surface area (Å²) in [5, 5.41) is 9.18. The number of aliphatic hydroxyl groups excluding tert-OH is 1. The molecule has 4 heteroatoms. The van der Waals surface area contributed by atoms with Crippen molar-refractivity contribution < 1.29 is 9.50 Å². The molecule has 0 amide bonds. The molecule has 17 heavy (non-hydrogen) atoms. The number of benzene rings is 1. The first-order valence-corrected chi connectivity index (χ1v) is 5.66. The molecule has 0 aliphatic heterocycles. The Labute approximate surface area is 99.3 Å². The summed E-state index contributed by atoms with van der Waals surface area (Å²) in [6.45, 7) is 2.05. The Balaban J connectivity index is 2.29. The lowest BCUT2D eigenvalue weighted by molar-refractivity contribution is 0.258. The monoisotopic (exact) mass is 234 g/mol. The molecule has 0 aliphatic rings. The van der Waals surface area contributed by atoms with Crippen molar-refractivity contribution in [3.63, 3.8) is 0 Å². The second-order valence-electron chi connectivity index (χ2n) is 3.98. The topological polar surface area (TPSA) is 48.9 Å². The van der Waals surface area contributed by atoms with Crippen molar-refractivity contribution in [3.05, 3.63) is 42.1 Å². The minimum Gasteiger partial charge on any atom is -0.396 e. The fourth-order valence-electron chi connectivity index (χ4n) is 1.76. The van der Waals surface area contributed by atoms with E-state index in [1.54, 1.807) is 12.3 Å². The van der Waals surface area contributed by atoms with E-state index in [2.05, 4.69) is 9.97 Å². The largest absolute Gasteiger partial charge is 0.396 e. The molecule has 1 unspecified atom stereocenters. The van der Waals surface area contributed by atoms with Crippen LogP contribution in [-0.2, 0) is 0 Å². The highest BCUT2D eigenvalue weighted by Gasteiger charge is 2.12. The lowest BCUT2D eigenvalue weighted by Crippen LogP contribution is -2.04. The molecule has 1 aromatic heterocycles. The van der Waals surface area contributed by atoms with E-state index in [-0.39, 0.29) is 18.3 Å². The number of aromatic amines is 1. The number of hydrogen-bond acceptors (Lipinski definition) is 2. The van der Waals surface area contributed by atoms with Gasteiger partial charge in [-0.25, -0.2) is 9.37 Å². The van der Waals surface area contributed by atoms with Gasteiger partial charge in [-0.05, 0) is 18.6 Å². The molecule has 0 saturated heterocycles. The van der Waals surface area contributed by atoms with Crippen molar-refractivity contribution in [2.75, 3.05) is 6.61 Å². The average molecular weight is 234 g/mol. The van der Waals surface area contributed by atoms with Crippen LogP contribution in [-0.4, -0.2) is 21.7 Å². The summed E-state index contributed by atoms with van der Waals surface area (Å²) >= 11 is 0. The number of halogens is 1. The predicted molar refractivity (Wildman–Crippen MR) is 64.1 cm³/mol. The van der Waals surface area contributed by atoms with Gasteiger partial charge >= 0.3 is 0 Å². The van der Waals surface area contributed by atoms with Gasteiger partial charge in [0, 0.05) is 11.5 Å². The Kier molecular flexibility index (Phi) is 3.54. The molecule has 0 radical (unpaired) electrons. The fraction of sp³-hybridized carbons (Fsp3) is 0.308. The van der Waals surface area contributed by atoms with E-state index in [0.717, 1.165) is 23.5 Å². The third kappa shape index (κ3) is 2.53. The number of aliphatic hydroxyl groups is 1. The highest BCUT2D eigenvalue weighted by atomic mass is 19.1. The van der Waals surface area contributed by atoms with Crippen LogP contribution in [0.5, 0.6) is 0 Å². The zero-order chi connectivity index (χ0) is 12.3. The van der Waals surface area contributed by atoms with E-state index < -0.39 is 0 Å². The summed E-state index contributed by atoms with van der Waals surface area (Å²) in [6, 6.07) is 6.34. The molecule has 1 heterocycles. The van der Waals surface area contributed by atoms with Crippen molar-refractivity contribution in [2.45, 2.75) is 19.3 Å². The number of hydrogen-bond donors (Lipinski definition) is 2. The molecular weight excluding hydrogens is 219 g/mol. The Morgan fingerprint density at radius 1 is 1.47 bits per heavy atom. The number of aromatic nitrogens is 2. The normalized spacial score (nSPS) is 12.6. The van der Waals surface area contributed by atoms with Crippen LogP contribution >= 0.6 is 0 Å². The highest BCUT2D eigenvalue weighted by Crippen LogP contribution is 2.22. The molecule has 2 aromatic rings. The number of nitrogens with zero attached hydrogens (tertiary/aromatic N) is 1. The van der Waals surface area contributed by atoms with Gasteiger partial charge in [-0.3, -0.25) is 0 Å². The zero-order valence-corrected chi connectivity index (χ0v) is 9.65. The van der Waals surface area contributed by atoms with Crippen molar-refractivity contribution in [3.8, 4) is 11.3 Å². The molecule has 0 saturated carbocycles. The van der Waals surface area contributed by atoms with Gasteiger partial charge in [0.25, 0.3) is 0 Å². The van der Waals surface area contributed by atoms with E-state index in [1.807, 2.05) is 13.0 Å². The van der Waals surface area contributed by atoms with E-state index in [0.29, 0.717) is 0 Å². The van der Waals surface area contributed by atoms with Gasteiger partial charge in [0.1, 0.15) is 11.6 Å². The van der Waals surface area contributed by atoms with Crippen molar-refractivity contribution in [2.24, 2.45) is 0 Å². The molecule has 0 bridgehead atoms. The van der Waals surface area contributed by atoms with Crippen LogP contribution < -0.4 is 0 Å². The third-order valence-corrected chi connectivity index (χ3v) is 2.83. The lowest BCUT2D eigenvalue weighted by Gasteiger charge is -2.07. The standard InChI is InChI=1S/C13H15FN2O/c1-2-9(8-17)13-15-7-12(16-13)10-4-3-5-11(14)6-10/h3-7,9,17H,2,8H2,1H3,(H,15,16). The summed E-state index contributed by atoms with van der Waals surface area (Å²) in [5.74, 6) is 0.486. The van der Waals surface area contributed by atoms with Crippen molar-refractivity contribution in [1.29, 1.82) is 0 Å². The Hall–Kier alpha value is -1.68. The van der Waals surface area contributed by atoms with E-state index in [4.69, 9.17) is 0 Å². The van der Waals surface area contributed by atoms with Crippen LogP contribution in [0.1, 0.15) is 25.1 Å². The minimum absolute atomic E-state index is 0.0114. The van der Waals surface area contributed by atoms with Crippen LogP contribution in [0.2, 0.25) is 0 Å². The highest BCUT2D eigenvalue weighted by molar-refractivity contribution is 5.58. The van der Waals surface area contributed by atoms with Crippen LogP contribution in [0.25, 0.3) is 11.3 Å². The van der Waals surface area contributed by atoms with Gasteiger partial charge in [0.2, 0.25) is 0 Å². The smallest absolute Gasteiger partial charge is 0.123 e. The first-order valence-electron chi connectivity index (χ1n) is 5.66. The van der Waals surface area contributed by atoms with E-state index in [9.17, 15) is 9.50 Å². The first-order chi connectivity index (χ1) is 8.24. The van der Waals surface area contributed by atoms with Crippen LogP contribution in [0.4, 0.5) is 4.39 Å². The maximum Gasteiger partial charge on any atom is 0.123 e. The molecule has 1 atom stereocenters. The Morgan fingerprint density at radius 2 is 2.29 bits per heavy atom. The quantitative estimate of drug-likeness (QED) is 0.854. The van der Waals surface area contributed by atoms with Crippen LogP contribution in [0.15, 0.2) is 30.5 Å². The number of nitrogens with one attached hydrogen (secondary N) is 1. The minimum atomic E-state index is -0.271. The zero-order valence-electron chi connectivity index (χ0n) is 9.65. The maximum atomic E-state index is 13.1. The average Bonchev–Trinajstić information content (AvgIpc) is 2.80. The van der Waals surface area contributed by atoms with Gasteiger partial charge in [0.05, 0.1) is 18.5 Å². The number of H-pyrrole nitrogens is 1. The molecule has 2 rings (SSSR count). The summed E-state index contributed by atoms with van der Waals surface area (Å²) in [7, 11) is 0. The Bertz CT molecular complexity index is 492. The lowest BCUT2D eigenvalue weighted by atomic mass is 10.1. The number of rotatable bonds is 4. The molecule has 2 N–H and O–H groups in total. The van der Waals surface area contributed by atoms with Crippen molar-refractivity contribution in [1.82, 2.24) is 9.97 Å². The van der Waals surface area contributed by atoms with Crippen LogP contribution in [0, 0.1) is 5.82 Å². The summed E-state index contributed by atoms with van der Waals surface area (Å²) in [4.78, 5) is 7.35. The SMILES string of the molecule is CCC(CO)c1ncc(-c2cccc(F)c2)[nH]1. The summed E-state index contributed by atoms with van der Waals surface area (Å²) in [5.41, 5.74) is 1.53. The molecule has 0 fully saturated rings. The van der Waals surface area contributed by atoms with Gasteiger partial charge in [0.15, 0.2) is 0 Å². The second kappa shape index (κ2) is 5.10. The third-order valence-electron chi connectivity index (χ3n) is 2.83. The molecule has 90 valence electrons. The molecule has 1 aromatic carbocycles.